The third-order valence-electron chi connectivity index (χ3n) is 0.358. The van der Waals surface area contributed by atoms with Gasteiger partial charge in [-0.3, -0.25) is 0 Å². The van der Waals surface area contributed by atoms with Gasteiger partial charge in [0.05, 0.1) is 0 Å². The summed E-state index contributed by atoms with van der Waals surface area (Å²) in [6, 6.07) is 0. The molecule has 0 aromatic rings. The number of rotatable bonds is 2. The molecule has 0 heterocycles. The summed E-state index contributed by atoms with van der Waals surface area (Å²) in [6.45, 7) is 5.00. The number of halogens is 1. The van der Waals surface area contributed by atoms with Gasteiger partial charge in [0.1, 0.15) is 0 Å². The van der Waals surface area contributed by atoms with E-state index in [4.69, 9.17) is 11.4 Å². The first kappa shape index (κ1) is 11.7. The topological polar surface area (TPSA) is 17.1 Å². The van der Waals surface area contributed by atoms with Gasteiger partial charge in [-0.2, -0.15) is 5.75 Å². The maximum absolute atomic E-state index is 8.45. The summed E-state index contributed by atoms with van der Waals surface area (Å²) < 4.78 is 2.04. The van der Waals surface area contributed by atoms with Crippen LogP contribution in [0.15, 0.2) is 18.2 Å². The SMILES string of the molecule is O=[C-]Cl.[CH-]=C/C=C\[CH]=[Zn]. The van der Waals surface area contributed by atoms with Gasteiger partial charge >= 0.3 is 47.3 Å². The van der Waals surface area contributed by atoms with E-state index in [0.717, 1.165) is 5.75 Å². The molecule has 3 heteroatoms. The fraction of sp³-hybridized carbons (Fsp3) is 0. The molecule has 0 aliphatic carbocycles. The van der Waals surface area contributed by atoms with Crippen molar-refractivity contribution in [3.63, 3.8) is 0 Å². The molecular formula is C6H5ClOZn-2. The number of allylic oxidation sites excluding steroid dienone is 3. The van der Waals surface area contributed by atoms with Crippen LogP contribution in [0.4, 0.5) is 0 Å². The molecule has 46 valence electrons. The van der Waals surface area contributed by atoms with Crippen LogP contribution >= 0.6 is 11.6 Å². The molecule has 0 saturated heterocycles. The molecule has 0 spiro atoms. The Bertz CT molecular complexity index is 99.6. The van der Waals surface area contributed by atoms with E-state index in [1.54, 1.807) is 0 Å². The molecule has 0 N–H and O–H groups in total. The van der Waals surface area contributed by atoms with Gasteiger partial charge in [0.2, 0.25) is 0 Å². The van der Waals surface area contributed by atoms with Crippen LogP contribution in [0.2, 0.25) is 0 Å². The fourth-order valence-corrected chi connectivity index (χ4v) is 0.472. The van der Waals surface area contributed by atoms with Gasteiger partial charge in [0, 0.05) is 0 Å². The summed E-state index contributed by atoms with van der Waals surface area (Å²) in [5.41, 5.74) is 0. The quantitative estimate of drug-likeness (QED) is 0.279. The molecule has 9 heavy (non-hydrogen) atoms. The molecule has 0 rings (SSSR count). The van der Waals surface area contributed by atoms with E-state index in [1.807, 2.05) is 16.8 Å². The second-order valence-electron chi connectivity index (χ2n) is 0.890. The summed E-state index contributed by atoms with van der Waals surface area (Å²) in [4.78, 5) is 8.45. The van der Waals surface area contributed by atoms with E-state index in [1.165, 1.54) is 23.9 Å². The zero-order valence-electron chi connectivity index (χ0n) is 4.88. The number of hydrogen-bond acceptors (Lipinski definition) is 1. The van der Waals surface area contributed by atoms with Crippen LogP contribution in [-0.2, 0) is 22.6 Å². The zero-order valence-corrected chi connectivity index (χ0v) is 8.60. The van der Waals surface area contributed by atoms with Gasteiger partial charge in [-0.25, -0.2) is 0 Å². The van der Waals surface area contributed by atoms with Crippen molar-refractivity contribution in [1.82, 2.24) is 0 Å². The van der Waals surface area contributed by atoms with Crippen molar-refractivity contribution in [2.24, 2.45) is 0 Å². The summed E-state index contributed by atoms with van der Waals surface area (Å²) in [5.74, 6) is 0.972. The van der Waals surface area contributed by atoms with Crippen molar-refractivity contribution in [2.45, 2.75) is 0 Å². The van der Waals surface area contributed by atoms with Gasteiger partial charge in [-0.05, 0) is 0 Å². The molecule has 0 aromatic heterocycles. The van der Waals surface area contributed by atoms with E-state index in [-0.39, 0.29) is 0 Å². The molecule has 0 atom stereocenters. The van der Waals surface area contributed by atoms with Crippen LogP contribution in [-0.4, -0.2) is 10.4 Å². The first-order chi connectivity index (χ1) is 4.33. The Morgan fingerprint density at radius 3 is 2.11 bits per heavy atom. The Morgan fingerprint density at radius 1 is 1.56 bits per heavy atom. The van der Waals surface area contributed by atoms with Gasteiger partial charge in [-0.1, -0.05) is 0 Å². The molecule has 0 bridgehead atoms. The first-order valence-corrected chi connectivity index (χ1v) is 4.23. The van der Waals surface area contributed by atoms with E-state index >= 15 is 0 Å². The predicted molar refractivity (Wildman–Crippen MR) is 35.6 cm³/mol. The fourth-order valence-electron chi connectivity index (χ4n) is 0.143. The first-order valence-electron chi connectivity index (χ1n) is 2.13. The van der Waals surface area contributed by atoms with Crippen molar-refractivity contribution < 1.29 is 22.6 Å². The molecule has 0 aliphatic rings. The maximum atomic E-state index is 8.45. The van der Waals surface area contributed by atoms with Crippen molar-refractivity contribution in [2.75, 3.05) is 0 Å². The third kappa shape index (κ3) is 32.5. The van der Waals surface area contributed by atoms with Crippen molar-refractivity contribution in [1.29, 1.82) is 0 Å². The second-order valence-corrected chi connectivity index (χ2v) is 2.03. The van der Waals surface area contributed by atoms with Crippen LogP contribution in [0.1, 0.15) is 0 Å². The third-order valence-corrected chi connectivity index (χ3v) is 0.929. The van der Waals surface area contributed by atoms with Crippen LogP contribution in [0.25, 0.3) is 0 Å². The standard InChI is InChI=1S/C5H5.CClO.Zn/c1-3-5-4-2;2-1-3;/h1-5H;;/q2*-1;/b5-3-;;. The van der Waals surface area contributed by atoms with E-state index < -0.39 is 0 Å². The van der Waals surface area contributed by atoms with E-state index in [9.17, 15) is 0 Å². The average Bonchev–Trinajstić information content (AvgIpc) is 1.86. The summed E-state index contributed by atoms with van der Waals surface area (Å²) in [7, 11) is 0. The molecule has 1 nitrogen and oxygen atoms in total. The number of carbonyl (C=O) groups excluding carboxylic acids is 1. The molecule has 0 unspecified atom stereocenters. The Hall–Kier alpha value is -0.0666. The minimum absolute atomic E-state index is 0.972. The molecular weight excluding hydrogens is 189 g/mol. The van der Waals surface area contributed by atoms with Gasteiger partial charge < -0.3 is 16.4 Å². The Balaban J connectivity index is 0. The normalized spacial score (nSPS) is 7.44. The minimum atomic E-state index is 0.972. The molecule has 0 fully saturated rings. The van der Waals surface area contributed by atoms with Crippen molar-refractivity contribution >= 4 is 22.0 Å². The average molecular weight is 194 g/mol. The zero-order chi connectivity index (χ0) is 7.54. The molecule has 0 amide bonds. The molecule has 0 aliphatic heterocycles. The van der Waals surface area contributed by atoms with Gasteiger partial charge in [0.15, 0.2) is 0 Å². The second kappa shape index (κ2) is 15.7. The van der Waals surface area contributed by atoms with Gasteiger partial charge in [0.25, 0.3) is 0 Å². The summed E-state index contributed by atoms with van der Waals surface area (Å²) in [5, 5.41) is 0. The van der Waals surface area contributed by atoms with E-state index in [0.29, 0.717) is 0 Å². The summed E-state index contributed by atoms with van der Waals surface area (Å²) >= 11 is 5.39. The van der Waals surface area contributed by atoms with Crippen LogP contribution in [0.3, 0.4) is 0 Å². The molecule has 0 radical (unpaired) electrons. The predicted octanol–water partition coefficient (Wildman–Crippen LogP) is 1.17. The summed E-state index contributed by atoms with van der Waals surface area (Å²) in [6.07, 6.45) is 5.26. The molecule has 0 saturated carbocycles. The van der Waals surface area contributed by atoms with E-state index in [2.05, 4.69) is 11.6 Å². The monoisotopic (exact) mass is 192 g/mol. The van der Waals surface area contributed by atoms with Gasteiger partial charge in [-0.15, -0.1) is 0 Å². The molecule has 0 aromatic carbocycles. The van der Waals surface area contributed by atoms with Crippen molar-refractivity contribution in [3.05, 3.63) is 24.8 Å². The Labute approximate surface area is 69.6 Å². The Kier molecular flexibility index (Phi) is 20.4. The van der Waals surface area contributed by atoms with Crippen molar-refractivity contribution in [3.8, 4) is 0 Å². The number of hydrogen-bond donors (Lipinski definition) is 0. The van der Waals surface area contributed by atoms with Crippen LogP contribution < -0.4 is 0 Å². The van der Waals surface area contributed by atoms with Crippen LogP contribution in [0.5, 0.6) is 0 Å². The Morgan fingerprint density at radius 2 is 2.00 bits per heavy atom. The van der Waals surface area contributed by atoms with Crippen LogP contribution in [0, 0.1) is 6.58 Å².